The number of hydrogen-bond donors (Lipinski definition) is 0. The number of nitro benzene ring substituents is 1. The second-order valence-electron chi connectivity index (χ2n) is 5.84. The molecule has 10 nitrogen and oxygen atoms in total. The maximum absolute atomic E-state index is 12.5. The minimum absolute atomic E-state index is 0.0654. The number of carbonyl (C=O) groups is 1. The summed E-state index contributed by atoms with van der Waals surface area (Å²) in [6.45, 7) is 1.45. The minimum atomic E-state index is -0.919. The van der Waals surface area contributed by atoms with Crippen LogP contribution in [0.4, 0.5) is 5.69 Å². The first-order valence-corrected chi connectivity index (χ1v) is 8.21. The molecule has 1 aromatic heterocycles. The van der Waals surface area contributed by atoms with Crippen LogP contribution in [-0.2, 0) is 4.74 Å². The van der Waals surface area contributed by atoms with Crippen LogP contribution >= 0.6 is 0 Å². The Balaban J connectivity index is 1.56. The summed E-state index contributed by atoms with van der Waals surface area (Å²) in [7, 11) is 0. The van der Waals surface area contributed by atoms with E-state index < -0.39 is 22.7 Å². The van der Waals surface area contributed by atoms with Crippen molar-refractivity contribution in [3.05, 3.63) is 64.0 Å². The summed E-state index contributed by atoms with van der Waals surface area (Å²) in [5.74, 6) is -0.157. The van der Waals surface area contributed by atoms with E-state index in [4.69, 9.17) is 18.6 Å². The van der Waals surface area contributed by atoms with Gasteiger partial charge in [-0.1, -0.05) is 18.2 Å². The number of esters is 1. The van der Waals surface area contributed by atoms with Crippen molar-refractivity contribution < 1.29 is 28.3 Å². The normalized spacial score (nSPS) is 13.2. The Morgan fingerprint density at radius 2 is 1.89 bits per heavy atom. The van der Waals surface area contributed by atoms with E-state index in [0.717, 1.165) is 6.07 Å². The number of rotatable bonds is 5. The molecule has 0 unspecified atom stereocenters. The minimum Gasteiger partial charge on any atom is -0.454 e. The molecule has 1 atom stereocenters. The number of benzene rings is 2. The predicted molar refractivity (Wildman–Crippen MR) is 92.8 cm³/mol. The largest absolute Gasteiger partial charge is 0.454 e. The average Bonchev–Trinajstić information content (AvgIpc) is 3.36. The first-order chi connectivity index (χ1) is 13.5. The van der Waals surface area contributed by atoms with Crippen LogP contribution in [0.15, 0.2) is 46.9 Å². The first-order valence-electron chi connectivity index (χ1n) is 8.21. The molecule has 2 heterocycles. The van der Waals surface area contributed by atoms with E-state index in [-0.39, 0.29) is 35.6 Å². The summed E-state index contributed by atoms with van der Waals surface area (Å²) in [4.78, 5) is 23.1. The highest BCUT2D eigenvalue weighted by molar-refractivity contribution is 5.95. The van der Waals surface area contributed by atoms with Gasteiger partial charge in [0.25, 0.3) is 11.6 Å². The van der Waals surface area contributed by atoms with Gasteiger partial charge in [-0.25, -0.2) is 4.79 Å². The number of nitrogens with zero attached hydrogens (tertiary/aromatic N) is 3. The first kappa shape index (κ1) is 17.5. The fraction of sp³-hybridized carbons (Fsp3) is 0.167. The third-order valence-corrected chi connectivity index (χ3v) is 4.00. The van der Waals surface area contributed by atoms with Crippen molar-refractivity contribution in [2.24, 2.45) is 0 Å². The lowest BCUT2D eigenvalue weighted by Gasteiger charge is -2.10. The molecule has 0 aliphatic carbocycles. The maximum Gasteiger partial charge on any atom is 0.346 e. The molecule has 2 aromatic carbocycles. The third kappa shape index (κ3) is 3.22. The number of ether oxygens (including phenoxy) is 3. The van der Waals surface area contributed by atoms with Gasteiger partial charge in [0.2, 0.25) is 12.7 Å². The van der Waals surface area contributed by atoms with E-state index in [1.807, 2.05) is 18.2 Å². The van der Waals surface area contributed by atoms with E-state index in [0.29, 0.717) is 5.56 Å². The van der Waals surface area contributed by atoms with Crippen LogP contribution in [0.1, 0.15) is 29.3 Å². The average molecular weight is 383 g/mol. The predicted octanol–water partition coefficient (Wildman–Crippen LogP) is 3.29. The molecular formula is C18H13N3O7. The molecule has 0 fully saturated rings. The molecule has 3 aromatic rings. The fourth-order valence-corrected chi connectivity index (χ4v) is 2.62. The molecule has 1 aliphatic rings. The quantitative estimate of drug-likeness (QED) is 0.370. The van der Waals surface area contributed by atoms with Crippen molar-refractivity contribution in [3.63, 3.8) is 0 Å². The lowest BCUT2D eigenvalue weighted by Crippen LogP contribution is -2.11. The number of nitro groups is 1. The molecule has 0 bridgehead atoms. The second kappa shape index (κ2) is 6.99. The molecule has 0 amide bonds. The fourth-order valence-electron chi connectivity index (χ4n) is 2.62. The molecule has 0 N–H and O–H groups in total. The van der Waals surface area contributed by atoms with E-state index in [9.17, 15) is 14.9 Å². The molecule has 4 rings (SSSR count). The summed E-state index contributed by atoms with van der Waals surface area (Å²) in [5, 5.41) is 19.1. The van der Waals surface area contributed by atoms with Crippen LogP contribution in [-0.4, -0.2) is 27.9 Å². The Morgan fingerprint density at radius 1 is 1.18 bits per heavy atom. The van der Waals surface area contributed by atoms with Gasteiger partial charge in [0, 0.05) is 11.6 Å². The van der Waals surface area contributed by atoms with Crippen molar-refractivity contribution in [2.45, 2.75) is 13.0 Å². The van der Waals surface area contributed by atoms with E-state index in [1.165, 1.54) is 13.0 Å². The Bertz CT molecular complexity index is 1050. The van der Waals surface area contributed by atoms with Gasteiger partial charge in [0.05, 0.1) is 11.0 Å². The number of carbonyl (C=O) groups excluding carboxylic acids is 1. The zero-order chi connectivity index (χ0) is 19.7. The Morgan fingerprint density at radius 3 is 2.61 bits per heavy atom. The van der Waals surface area contributed by atoms with Gasteiger partial charge in [-0.15, -0.1) is 10.2 Å². The standard InChI is InChI=1S/C18H13N3O7/c1-10(16-19-20-17(28-16)11-5-3-2-4-6-11)27-18(22)12-7-14-15(26-9-25-14)8-13(12)21(23)24/h2-8,10H,9H2,1H3/t10-/m1/s1. The van der Waals surface area contributed by atoms with Gasteiger partial charge < -0.3 is 18.6 Å². The summed E-state index contributed by atoms with van der Waals surface area (Å²) >= 11 is 0. The van der Waals surface area contributed by atoms with Crippen molar-refractivity contribution in [3.8, 4) is 23.0 Å². The number of fused-ring (bicyclic) bond motifs is 1. The molecule has 142 valence electrons. The maximum atomic E-state index is 12.5. The molecule has 0 spiro atoms. The van der Waals surface area contributed by atoms with Crippen LogP contribution < -0.4 is 9.47 Å². The van der Waals surface area contributed by atoms with Crippen molar-refractivity contribution in [1.82, 2.24) is 10.2 Å². The van der Waals surface area contributed by atoms with Gasteiger partial charge in [-0.2, -0.15) is 0 Å². The van der Waals surface area contributed by atoms with Crippen molar-refractivity contribution >= 4 is 11.7 Å². The summed E-state index contributed by atoms with van der Waals surface area (Å²) in [5.41, 5.74) is 0.00652. The van der Waals surface area contributed by atoms with Crippen LogP contribution in [0.5, 0.6) is 11.5 Å². The molecule has 10 heteroatoms. The lowest BCUT2D eigenvalue weighted by atomic mass is 10.1. The Kier molecular flexibility index (Phi) is 4.36. The summed E-state index contributed by atoms with van der Waals surface area (Å²) < 4.78 is 21.1. The highest BCUT2D eigenvalue weighted by Gasteiger charge is 2.30. The van der Waals surface area contributed by atoms with Crippen LogP contribution in [0.2, 0.25) is 0 Å². The molecule has 0 radical (unpaired) electrons. The van der Waals surface area contributed by atoms with Gasteiger partial charge in [0.15, 0.2) is 17.6 Å². The van der Waals surface area contributed by atoms with Gasteiger partial charge in [0.1, 0.15) is 5.56 Å². The van der Waals surface area contributed by atoms with Crippen molar-refractivity contribution in [1.29, 1.82) is 0 Å². The van der Waals surface area contributed by atoms with Gasteiger partial charge in [-0.3, -0.25) is 10.1 Å². The zero-order valence-electron chi connectivity index (χ0n) is 14.5. The van der Waals surface area contributed by atoms with Crippen LogP contribution in [0.3, 0.4) is 0 Å². The number of hydrogen-bond acceptors (Lipinski definition) is 9. The summed E-state index contributed by atoms with van der Waals surface area (Å²) in [6.07, 6.45) is -0.914. The SMILES string of the molecule is C[C@@H](OC(=O)c1cc2c(cc1[N+](=O)[O-])OCO2)c1nnc(-c2ccccc2)o1. The highest BCUT2D eigenvalue weighted by atomic mass is 16.7. The van der Waals surface area contributed by atoms with E-state index >= 15 is 0 Å². The van der Waals surface area contributed by atoms with Crippen LogP contribution in [0, 0.1) is 10.1 Å². The van der Waals surface area contributed by atoms with Gasteiger partial charge in [-0.05, 0) is 19.1 Å². The third-order valence-electron chi connectivity index (χ3n) is 4.00. The lowest BCUT2D eigenvalue weighted by molar-refractivity contribution is -0.385. The van der Waals surface area contributed by atoms with Crippen LogP contribution in [0.25, 0.3) is 11.5 Å². The Hall–Kier alpha value is -3.95. The number of aromatic nitrogens is 2. The van der Waals surface area contributed by atoms with E-state index in [2.05, 4.69) is 10.2 Å². The molecular weight excluding hydrogens is 370 g/mol. The smallest absolute Gasteiger partial charge is 0.346 e. The second-order valence-corrected chi connectivity index (χ2v) is 5.84. The monoisotopic (exact) mass is 383 g/mol. The highest BCUT2D eigenvalue weighted by Crippen LogP contribution is 2.38. The summed E-state index contributed by atoms with van der Waals surface area (Å²) in [6, 6.07) is 11.4. The Labute approximate surface area is 157 Å². The molecule has 1 aliphatic heterocycles. The topological polar surface area (TPSA) is 127 Å². The zero-order valence-corrected chi connectivity index (χ0v) is 14.5. The van der Waals surface area contributed by atoms with Gasteiger partial charge >= 0.3 is 5.97 Å². The molecule has 0 saturated carbocycles. The molecule has 28 heavy (non-hydrogen) atoms. The van der Waals surface area contributed by atoms with Crippen molar-refractivity contribution in [2.75, 3.05) is 6.79 Å². The van der Waals surface area contributed by atoms with E-state index in [1.54, 1.807) is 12.1 Å². The molecule has 0 saturated heterocycles.